The van der Waals surface area contributed by atoms with E-state index in [1.165, 1.54) is 0 Å². The number of rotatable bonds is 5. The van der Waals surface area contributed by atoms with E-state index >= 15 is 0 Å². The third-order valence-corrected chi connectivity index (χ3v) is 5.81. The van der Waals surface area contributed by atoms with Gasteiger partial charge in [0, 0.05) is 35.6 Å². The summed E-state index contributed by atoms with van der Waals surface area (Å²) in [6.07, 6.45) is 1.80. The third-order valence-electron chi connectivity index (χ3n) is 5.81. The molecule has 3 aromatic carbocycles. The van der Waals surface area contributed by atoms with Crippen LogP contribution in [0.2, 0.25) is 0 Å². The Morgan fingerprint density at radius 1 is 0.938 bits per heavy atom. The maximum absolute atomic E-state index is 12.6. The summed E-state index contributed by atoms with van der Waals surface area (Å²) in [4.78, 5) is 19.3. The molecule has 0 N–H and O–H groups in total. The van der Waals surface area contributed by atoms with E-state index in [2.05, 4.69) is 4.98 Å². The number of pyridine rings is 1. The molecule has 0 spiro atoms. The fourth-order valence-electron chi connectivity index (χ4n) is 4.16. The number of para-hydroxylation sites is 1. The smallest absolute Gasteiger partial charge is 0.339 e. The van der Waals surface area contributed by atoms with Gasteiger partial charge in [0.1, 0.15) is 12.4 Å². The highest BCUT2D eigenvalue weighted by atomic mass is 16.5. The Hall–Kier alpha value is -4.06. The van der Waals surface area contributed by atoms with Gasteiger partial charge >= 0.3 is 5.97 Å². The number of nitrogens with zero attached hydrogens (tertiary/aromatic N) is 2. The highest BCUT2D eigenvalue weighted by Gasteiger charge is 2.28. The van der Waals surface area contributed by atoms with Crippen LogP contribution in [-0.2, 0) is 11.3 Å². The summed E-state index contributed by atoms with van der Waals surface area (Å²) in [6.45, 7) is 0.258. The zero-order valence-electron chi connectivity index (χ0n) is 18.1. The lowest BCUT2D eigenvalue weighted by atomic mass is 9.91. The number of hydrogen-bond donors (Lipinski definition) is 0. The van der Waals surface area contributed by atoms with Gasteiger partial charge in [0.15, 0.2) is 11.5 Å². The lowest BCUT2D eigenvalue weighted by molar-refractivity contribution is 0.0535. The number of aromatic nitrogens is 1. The molecule has 0 saturated heterocycles. The fourth-order valence-corrected chi connectivity index (χ4v) is 4.16. The Labute approximate surface area is 186 Å². The predicted molar refractivity (Wildman–Crippen MR) is 124 cm³/mol. The molecule has 5 rings (SSSR count). The lowest BCUT2D eigenvalue weighted by Gasteiger charge is -2.19. The Morgan fingerprint density at radius 2 is 1.69 bits per heavy atom. The average Bonchev–Trinajstić information content (AvgIpc) is 3.21. The van der Waals surface area contributed by atoms with Crippen LogP contribution in [0.5, 0.6) is 11.5 Å². The predicted octanol–water partition coefficient (Wildman–Crippen LogP) is 5.36. The number of ether oxygens (including phenoxy) is 3. The highest BCUT2D eigenvalue weighted by Crippen LogP contribution is 2.42. The molecule has 160 valence electrons. The zero-order valence-corrected chi connectivity index (χ0v) is 18.1. The monoisotopic (exact) mass is 426 g/mol. The SMILES string of the molecule is COc1cc2cc3c(c(-c4ccc(N(C)c5ccccc5)nc4)c2cc1OC)C(=O)OC3. The molecule has 1 aromatic heterocycles. The standard InChI is InChI=1S/C26H22N2O4/c1-28(19-7-5-4-6-8-19)23-10-9-16(14-27-23)24-20-13-22(31-3)21(30-2)12-17(20)11-18-15-32-26(29)25(18)24/h4-14H,15H2,1-3H3. The number of anilines is 2. The zero-order chi connectivity index (χ0) is 22.2. The third kappa shape index (κ3) is 3.21. The van der Waals surface area contributed by atoms with Crippen LogP contribution in [0, 0.1) is 0 Å². The van der Waals surface area contributed by atoms with Crippen LogP contribution in [0.15, 0.2) is 66.9 Å². The number of carbonyl (C=O) groups excluding carboxylic acids is 1. The Balaban J connectivity index is 1.68. The summed E-state index contributed by atoms with van der Waals surface area (Å²) < 4.78 is 16.4. The van der Waals surface area contributed by atoms with Crippen molar-refractivity contribution >= 4 is 28.2 Å². The maximum Gasteiger partial charge on any atom is 0.339 e. The first-order valence-electron chi connectivity index (χ1n) is 10.2. The molecule has 0 saturated carbocycles. The molecule has 0 radical (unpaired) electrons. The minimum Gasteiger partial charge on any atom is -0.493 e. The summed E-state index contributed by atoms with van der Waals surface area (Å²) in [7, 11) is 5.18. The normalized spacial score (nSPS) is 12.4. The molecule has 0 bridgehead atoms. The van der Waals surface area contributed by atoms with Crippen molar-refractivity contribution in [1.82, 2.24) is 4.98 Å². The molecule has 0 atom stereocenters. The van der Waals surface area contributed by atoms with Crippen molar-refractivity contribution in [2.45, 2.75) is 6.61 Å². The number of carbonyl (C=O) groups is 1. The van der Waals surface area contributed by atoms with E-state index in [1.54, 1.807) is 20.4 Å². The molecular formula is C26H22N2O4. The molecule has 0 amide bonds. The highest BCUT2D eigenvalue weighted by molar-refractivity contribution is 6.11. The molecule has 1 aliphatic rings. The number of esters is 1. The molecule has 0 aliphatic carbocycles. The number of hydrogen-bond acceptors (Lipinski definition) is 6. The Bertz CT molecular complexity index is 1320. The molecule has 1 aliphatic heterocycles. The van der Waals surface area contributed by atoms with E-state index in [1.807, 2.05) is 72.6 Å². The van der Waals surface area contributed by atoms with Crippen molar-refractivity contribution in [3.05, 3.63) is 78.0 Å². The maximum atomic E-state index is 12.6. The molecule has 6 heteroatoms. The summed E-state index contributed by atoms with van der Waals surface area (Å²) in [5, 5.41) is 1.83. The van der Waals surface area contributed by atoms with E-state index in [4.69, 9.17) is 14.2 Å². The molecule has 32 heavy (non-hydrogen) atoms. The second-order valence-corrected chi connectivity index (χ2v) is 7.59. The quantitative estimate of drug-likeness (QED) is 0.401. The van der Waals surface area contributed by atoms with Gasteiger partial charge in [-0.2, -0.15) is 0 Å². The second-order valence-electron chi connectivity index (χ2n) is 7.59. The van der Waals surface area contributed by atoms with Crippen molar-refractivity contribution in [3.8, 4) is 22.6 Å². The number of cyclic esters (lactones) is 1. The fraction of sp³-hybridized carbons (Fsp3) is 0.154. The van der Waals surface area contributed by atoms with Crippen LogP contribution >= 0.6 is 0 Å². The lowest BCUT2D eigenvalue weighted by Crippen LogP contribution is -2.10. The number of methoxy groups -OCH3 is 2. The van der Waals surface area contributed by atoms with E-state index < -0.39 is 0 Å². The summed E-state index contributed by atoms with van der Waals surface area (Å²) in [5.74, 6) is 1.71. The van der Waals surface area contributed by atoms with Crippen LogP contribution < -0.4 is 14.4 Å². The van der Waals surface area contributed by atoms with Gasteiger partial charge in [0.05, 0.1) is 19.8 Å². The van der Waals surface area contributed by atoms with Crippen molar-refractivity contribution < 1.29 is 19.0 Å². The largest absolute Gasteiger partial charge is 0.493 e. The van der Waals surface area contributed by atoms with Gasteiger partial charge in [0.25, 0.3) is 0 Å². The van der Waals surface area contributed by atoms with Gasteiger partial charge < -0.3 is 19.1 Å². The van der Waals surface area contributed by atoms with Gasteiger partial charge in [-0.3, -0.25) is 0 Å². The van der Waals surface area contributed by atoms with Crippen LogP contribution in [0.3, 0.4) is 0 Å². The van der Waals surface area contributed by atoms with Gasteiger partial charge in [-0.25, -0.2) is 9.78 Å². The molecule has 0 unspecified atom stereocenters. The van der Waals surface area contributed by atoms with Crippen molar-refractivity contribution in [1.29, 1.82) is 0 Å². The van der Waals surface area contributed by atoms with E-state index in [0.29, 0.717) is 17.1 Å². The van der Waals surface area contributed by atoms with E-state index in [0.717, 1.165) is 39.0 Å². The molecule has 6 nitrogen and oxygen atoms in total. The second kappa shape index (κ2) is 7.89. The van der Waals surface area contributed by atoms with Gasteiger partial charge in [0.2, 0.25) is 0 Å². The molecule has 0 fully saturated rings. The van der Waals surface area contributed by atoms with E-state index in [9.17, 15) is 4.79 Å². The van der Waals surface area contributed by atoms with E-state index in [-0.39, 0.29) is 12.6 Å². The van der Waals surface area contributed by atoms with Crippen LogP contribution in [-0.4, -0.2) is 32.2 Å². The van der Waals surface area contributed by atoms with Crippen molar-refractivity contribution in [3.63, 3.8) is 0 Å². The summed E-state index contributed by atoms with van der Waals surface area (Å²) in [6, 6.07) is 19.8. The first-order valence-corrected chi connectivity index (χ1v) is 10.2. The van der Waals surface area contributed by atoms with Gasteiger partial charge in [-0.15, -0.1) is 0 Å². The summed E-state index contributed by atoms with van der Waals surface area (Å²) in [5.41, 5.74) is 4.11. The number of fused-ring (bicyclic) bond motifs is 2. The summed E-state index contributed by atoms with van der Waals surface area (Å²) >= 11 is 0. The average molecular weight is 426 g/mol. The Morgan fingerprint density at radius 3 is 2.38 bits per heavy atom. The van der Waals surface area contributed by atoms with Crippen LogP contribution in [0.4, 0.5) is 11.5 Å². The first-order chi connectivity index (χ1) is 15.6. The topological polar surface area (TPSA) is 60.9 Å². The molecule has 4 aromatic rings. The minimum atomic E-state index is -0.322. The first kappa shape index (κ1) is 19.9. The molecule has 2 heterocycles. The van der Waals surface area contributed by atoms with Crippen molar-refractivity contribution in [2.24, 2.45) is 0 Å². The van der Waals surface area contributed by atoms with Crippen LogP contribution in [0.25, 0.3) is 21.9 Å². The van der Waals surface area contributed by atoms with Gasteiger partial charge in [-0.1, -0.05) is 18.2 Å². The Kier molecular flexibility index (Phi) is 4.90. The molecular weight excluding hydrogens is 404 g/mol. The van der Waals surface area contributed by atoms with Gasteiger partial charge in [-0.05, 0) is 53.2 Å². The van der Waals surface area contributed by atoms with Crippen molar-refractivity contribution in [2.75, 3.05) is 26.2 Å². The number of benzene rings is 3. The van der Waals surface area contributed by atoms with Crippen LogP contribution in [0.1, 0.15) is 15.9 Å². The minimum absolute atomic E-state index is 0.258.